The Balaban J connectivity index is 1.90. The molecule has 3 N–H and O–H groups in total. The molecule has 2 rings (SSSR count). The molecule has 0 saturated heterocycles. The van der Waals surface area contributed by atoms with Crippen LogP contribution in [0, 0.1) is 6.92 Å². The van der Waals surface area contributed by atoms with Crippen LogP contribution >= 0.6 is 11.3 Å². The third-order valence-corrected chi connectivity index (χ3v) is 3.43. The first-order valence-corrected chi connectivity index (χ1v) is 6.15. The second-order valence-corrected chi connectivity index (χ2v) is 4.73. The van der Waals surface area contributed by atoms with E-state index in [-0.39, 0.29) is 11.5 Å². The summed E-state index contributed by atoms with van der Waals surface area (Å²) in [5.74, 6) is -0.176. The second-order valence-electron chi connectivity index (χ2n) is 3.79. The molecule has 0 aliphatic rings. The SMILES string of the molecule is Cc1ncsc1CNCc1ccc(O)c(O)c1. The van der Waals surface area contributed by atoms with Crippen LogP contribution in [0.4, 0.5) is 0 Å². The number of benzene rings is 1. The number of aromatic nitrogens is 1. The lowest BCUT2D eigenvalue weighted by molar-refractivity contribution is 0.403. The van der Waals surface area contributed by atoms with Crippen LogP contribution in [-0.2, 0) is 13.1 Å². The highest BCUT2D eigenvalue weighted by Gasteiger charge is 2.02. The van der Waals surface area contributed by atoms with Crippen LogP contribution in [0.5, 0.6) is 11.5 Å². The number of nitrogens with zero attached hydrogens (tertiary/aromatic N) is 1. The van der Waals surface area contributed by atoms with E-state index in [9.17, 15) is 10.2 Å². The van der Waals surface area contributed by atoms with Crippen LogP contribution in [0.3, 0.4) is 0 Å². The molecular formula is C12H14N2O2S. The number of aromatic hydroxyl groups is 2. The molecule has 0 aliphatic carbocycles. The van der Waals surface area contributed by atoms with Crippen molar-refractivity contribution in [2.75, 3.05) is 0 Å². The average Bonchev–Trinajstić information content (AvgIpc) is 2.70. The van der Waals surface area contributed by atoms with Gasteiger partial charge in [-0.15, -0.1) is 11.3 Å². The zero-order chi connectivity index (χ0) is 12.3. The molecule has 1 aromatic heterocycles. The maximum absolute atomic E-state index is 9.34. The summed E-state index contributed by atoms with van der Waals surface area (Å²) in [6.45, 7) is 3.39. The first-order chi connectivity index (χ1) is 8.16. The molecule has 2 aromatic rings. The van der Waals surface area contributed by atoms with E-state index in [1.807, 2.05) is 12.4 Å². The number of phenols is 2. The molecule has 0 unspecified atom stereocenters. The first-order valence-electron chi connectivity index (χ1n) is 5.27. The quantitative estimate of drug-likeness (QED) is 0.727. The zero-order valence-corrected chi connectivity index (χ0v) is 10.3. The summed E-state index contributed by atoms with van der Waals surface area (Å²) in [7, 11) is 0. The van der Waals surface area contributed by atoms with Gasteiger partial charge >= 0.3 is 0 Å². The predicted octanol–water partition coefficient (Wildman–Crippen LogP) is 2.15. The van der Waals surface area contributed by atoms with Crippen molar-refractivity contribution in [3.05, 3.63) is 39.8 Å². The van der Waals surface area contributed by atoms with E-state index in [1.54, 1.807) is 23.5 Å². The van der Waals surface area contributed by atoms with E-state index in [1.165, 1.54) is 10.9 Å². The van der Waals surface area contributed by atoms with Crippen molar-refractivity contribution in [3.63, 3.8) is 0 Å². The van der Waals surface area contributed by atoms with Gasteiger partial charge in [0, 0.05) is 18.0 Å². The fourth-order valence-electron chi connectivity index (χ4n) is 1.50. The highest BCUT2D eigenvalue weighted by Crippen LogP contribution is 2.24. The highest BCUT2D eigenvalue weighted by atomic mass is 32.1. The lowest BCUT2D eigenvalue weighted by atomic mass is 10.2. The van der Waals surface area contributed by atoms with Crippen molar-refractivity contribution in [1.82, 2.24) is 10.3 Å². The van der Waals surface area contributed by atoms with Gasteiger partial charge in [-0.2, -0.15) is 0 Å². The van der Waals surface area contributed by atoms with Crippen molar-refractivity contribution in [3.8, 4) is 11.5 Å². The summed E-state index contributed by atoms with van der Waals surface area (Å²) in [5, 5.41) is 21.8. The van der Waals surface area contributed by atoms with Crippen molar-refractivity contribution < 1.29 is 10.2 Å². The van der Waals surface area contributed by atoms with Crippen molar-refractivity contribution >= 4 is 11.3 Å². The summed E-state index contributed by atoms with van der Waals surface area (Å²) in [5.41, 5.74) is 3.82. The Kier molecular flexibility index (Phi) is 3.61. The average molecular weight is 250 g/mol. The Bertz CT molecular complexity index is 511. The molecule has 0 atom stereocenters. The first kappa shape index (κ1) is 11.9. The summed E-state index contributed by atoms with van der Waals surface area (Å²) in [4.78, 5) is 5.39. The predicted molar refractivity (Wildman–Crippen MR) is 67.2 cm³/mol. The normalized spacial score (nSPS) is 10.6. The number of hydrogen-bond donors (Lipinski definition) is 3. The molecule has 0 amide bonds. The van der Waals surface area contributed by atoms with Gasteiger partial charge in [-0.1, -0.05) is 6.07 Å². The summed E-state index contributed by atoms with van der Waals surface area (Å²) in [6.07, 6.45) is 0. The molecule has 0 bridgehead atoms. The lowest BCUT2D eigenvalue weighted by Crippen LogP contribution is -2.12. The number of nitrogens with one attached hydrogen (secondary N) is 1. The fourth-order valence-corrected chi connectivity index (χ4v) is 2.24. The van der Waals surface area contributed by atoms with Gasteiger partial charge < -0.3 is 15.5 Å². The molecule has 0 aliphatic heterocycles. The van der Waals surface area contributed by atoms with Gasteiger partial charge in [0.1, 0.15) is 0 Å². The highest BCUT2D eigenvalue weighted by molar-refractivity contribution is 7.09. The van der Waals surface area contributed by atoms with Crippen LogP contribution in [0.1, 0.15) is 16.1 Å². The van der Waals surface area contributed by atoms with Gasteiger partial charge in [-0.25, -0.2) is 4.98 Å². The van der Waals surface area contributed by atoms with E-state index in [4.69, 9.17) is 0 Å². The molecule has 4 nitrogen and oxygen atoms in total. The van der Waals surface area contributed by atoms with Crippen molar-refractivity contribution in [2.24, 2.45) is 0 Å². The van der Waals surface area contributed by atoms with Gasteiger partial charge in [0.2, 0.25) is 0 Å². The Morgan fingerprint density at radius 2 is 2.06 bits per heavy atom. The molecule has 0 fully saturated rings. The van der Waals surface area contributed by atoms with Gasteiger partial charge in [0.15, 0.2) is 11.5 Å². The van der Waals surface area contributed by atoms with Gasteiger partial charge in [0.25, 0.3) is 0 Å². The molecule has 17 heavy (non-hydrogen) atoms. The van der Waals surface area contributed by atoms with E-state index in [0.717, 1.165) is 17.8 Å². The van der Waals surface area contributed by atoms with Crippen LogP contribution in [-0.4, -0.2) is 15.2 Å². The smallest absolute Gasteiger partial charge is 0.157 e. The number of phenolic OH excluding ortho intramolecular Hbond substituents is 2. The maximum atomic E-state index is 9.34. The Hall–Kier alpha value is -1.59. The Labute approximate surface area is 104 Å². The minimum Gasteiger partial charge on any atom is -0.504 e. The van der Waals surface area contributed by atoms with E-state index >= 15 is 0 Å². The van der Waals surface area contributed by atoms with Crippen LogP contribution in [0.15, 0.2) is 23.7 Å². The van der Waals surface area contributed by atoms with Crippen LogP contribution < -0.4 is 5.32 Å². The molecular weight excluding hydrogens is 236 g/mol. The zero-order valence-electron chi connectivity index (χ0n) is 9.47. The van der Waals surface area contributed by atoms with E-state index in [2.05, 4.69) is 10.3 Å². The Morgan fingerprint density at radius 1 is 1.24 bits per heavy atom. The molecule has 90 valence electrons. The molecule has 1 aromatic carbocycles. The van der Waals surface area contributed by atoms with Crippen molar-refractivity contribution in [2.45, 2.75) is 20.0 Å². The second kappa shape index (κ2) is 5.16. The minimum absolute atomic E-state index is 0.0849. The number of thiazole rings is 1. The molecule has 1 heterocycles. The third-order valence-electron chi connectivity index (χ3n) is 2.50. The molecule has 5 heteroatoms. The third kappa shape index (κ3) is 2.95. The maximum Gasteiger partial charge on any atom is 0.157 e. The number of hydrogen-bond acceptors (Lipinski definition) is 5. The topological polar surface area (TPSA) is 65.4 Å². The summed E-state index contributed by atoms with van der Waals surface area (Å²) >= 11 is 1.63. The molecule has 0 radical (unpaired) electrons. The van der Waals surface area contributed by atoms with Gasteiger partial charge in [-0.05, 0) is 24.6 Å². The minimum atomic E-state index is -0.0907. The standard InChI is InChI=1S/C12H14N2O2S/c1-8-12(17-7-14-8)6-13-5-9-2-3-10(15)11(16)4-9/h2-4,7,13,15-16H,5-6H2,1H3. The monoisotopic (exact) mass is 250 g/mol. The largest absolute Gasteiger partial charge is 0.504 e. The van der Waals surface area contributed by atoms with E-state index < -0.39 is 0 Å². The number of rotatable bonds is 4. The molecule has 0 spiro atoms. The summed E-state index contributed by atoms with van der Waals surface area (Å²) in [6, 6.07) is 4.83. The van der Waals surface area contributed by atoms with Crippen LogP contribution in [0.25, 0.3) is 0 Å². The Morgan fingerprint density at radius 3 is 2.71 bits per heavy atom. The summed E-state index contributed by atoms with van der Waals surface area (Å²) < 4.78 is 0. The molecule has 0 saturated carbocycles. The fraction of sp³-hybridized carbons (Fsp3) is 0.250. The van der Waals surface area contributed by atoms with E-state index in [0.29, 0.717) is 6.54 Å². The van der Waals surface area contributed by atoms with Gasteiger partial charge in [-0.3, -0.25) is 0 Å². The number of aryl methyl sites for hydroxylation is 1. The lowest BCUT2D eigenvalue weighted by Gasteiger charge is -2.05. The van der Waals surface area contributed by atoms with Crippen LogP contribution in [0.2, 0.25) is 0 Å². The van der Waals surface area contributed by atoms with Crippen molar-refractivity contribution in [1.29, 1.82) is 0 Å². The van der Waals surface area contributed by atoms with Gasteiger partial charge in [0.05, 0.1) is 11.2 Å².